The molecule has 136 valence electrons. The standard InChI is InChI=1S/C16H19BrN4O3.ClH/c1-8-5-10(17)6-11(13(8)18)19-12(22)7-21-14(23)16(2,9-3-4-9)20-15(21)24;/h5-6,9H,3-4,7,18H2,1-2H3,(H,19,22)(H,20,24);1H. The number of hydrogen-bond donors (Lipinski definition) is 3. The Bertz CT molecular complexity index is 753. The van der Waals surface area contributed by atoms with Gasteiger partial charge in [0.15, 0.2) is 0 Å². The summed E-state index contributed by atoms with van der Waals surface area (Å²) >= 11 is 3.35. The summed E-state index contributed by atoms with van der Waals surface area (Å²) in [5.41, 5.74) is 6.79. The fraction of sp³-hybridized carbons (Fsp3) is 0.438. The second kappa shape index (κ2) is 6.84. The minimum absolute atomic E-state index is 0. The summed E-state index contributed by atoms with van der Waals surface area (Å²) in [6, 6.07) is 2.99. The van der Waals surface area contributed by atoms with Gasteiger partial charge in [0.1, 0.15) is 12.1 Å². The maximum Gasteiger partial charge on any atom is 0.325 e. The van der Waals surface area contributed by atoms with Gasteiger partial charge in [-0.2, -0.15) is 0 Å². The van der Waals surface area contributed by atoms with Gasteiger partial charge in [-0.1, -0.05) is 15.9 Å². The molecule has 2 fully saturated rings. The van der Waals surface area contributed by atoms with Crippen molar-refractivity contribution in [2.45, 2.75) is 32.2 Å². The molecule has 0 spiro atoms. The van der Waals surface area contributed by atoms with E-state index in [2.05, 4.69) is 26.6 Å². The minimum atomic E-state index is -0.886. The number of anilines is 2. The van der Waals surface area contributed by atoms with E-state index in [0.29, 0.717) is 11.4 Å². The van der Waals surface area contributed by atoms with Crippen LogP contribution in [0.4, 0.5) is 16.2 Å². The molecule has 9 heteroatoms. The average Bonchev–Trinajstić information content (AvgIpc) is 3.31. The number of rotatable bonds is 4. The normalized spacial score (nSPS) is 22.4. The molecule has 1 heterocycles. The number of carbonyl (C=O) groups excluding carboxylic acids is 3. The fourth-order valence-electron chi connectivity index (χ4n) is 2.99. The second-order valence-corrected chi connectivity index (χ2v) is 7.45. The maximum atomic E-state index is 12.5. The van der Waals surface area contributed by atoms with Crippen LogP contribution in [0, 0.1) is 12.8 Å². The first-order valence-corrected chi connectivity index (χ1v) is 8.51. The van der Waals surface area contributed by atoms with Crippen LogP contribution in [0.3, 0.4) is 0 Å². The lowest BCUT2D eigenvalue weighted by molar-refractivity contribution is -0.134. The van der Waals surface area contributed by atoms with Gasteiger partial charge >= 0.3 is 6.03 Å². The highest BCUT2D eigenvalue weighted by Crippen LogP contribution is 2.42. The third-order valence-electron chi connectivity index (χ3n) is 4.62. The van der Waals surface area contributed by atoms with Crippen molar-refractivity contribution >= 4 is 57.6 Å². The van der Waals surface area contributed by atoms with Crippen LogP contribution in [0.5, 0.6) is 0 Å². The first-order chi connectivity index (χ1) is 11.2. The molecule has 1 saturated heterocycles. The van der Waals surface area contributed by atoms with Crippen LogP contribution in [0.25, 0.3) is 0 Å². The molecule has 1 unspecified atom stereocenters. The van der Waals surface area contributed by atoms with Gasteiger partial charge < -0.3 is 16.4 Å². The molecule has 1 aliphatic heterocycles. The summed E-state index contributed by atoms with van der Waals surface area (Å²) in [5.74, 6) is -0.656. The van der Waals surface area contributed by atoms with E-state index < -0.39 is 17.5 Å². The number of nitrogens with two attached hydrogens (primary N) is 1. The number of imide groups is 1. The van der Waals surface area contributed by atoms with Crippen LogP contribution in [0.1, 0.15) is 25.3 Å². The van der Waals surface area contributed by atoms with Gasteiger partial charge in [-0.25, -0.2) is 4.79 Å². The van der Waals surface area contributed by atoms with Gasteiger partial charge in [-0.3, -0.25) is 14.5 Å². The molecule has 7 nitrogen and oxygen atoms in total. The number of urea groups is 1. The highest BCUT2D eigenvalue weighted by Gasteiger charge is 2.56. The van der Waals surface area contributed by atoms with Crippen molar-refractivity contribution in [3.8, 4) is 0 Å². The van der Waals surface area contributed by atoms with Crippen LogP contribution >= 0.6 is 28.3 Å². The Hall–Kier alpha value is -1.80. The largest absolute Gasteiger partial charge is 0.397 e. The summed E-state index contributed by atoms with van der Waals surface area (Å²) < 4.78 is 0.779. The number of amides is 4. The van der Waals surface area contributed by atoms with E-state index in [4.69, 9.17) is 5.73 Å². The number of hydrogen-bond acceptors (Lipinski definition) is 4. The molecular formula is C16H20BrClN4O3. The van der Waals surface area contributed by atoms with E-state index in [-0.39, 0.29) is 30.8 Å². The molecule has 4 N–H and O–H groups in total. The van der Waals surface area contributed by atoms with Crippen LogP contribution in [-0.4, -0.2) is 34.8 Å². The van der Waals surface area contributed by atoms with E-state index in [1.807, 2.05) is 13.0 Å². The van der Waals surface area contributed by atoms with E-state index in [1.54, 1.807) is 13.0 Å². The van der Waals surface area contributed by atoms with Gasteiger partial charge in [0, 0.05) is 4.47 Å². The Morgan fingerprint density at radius 3 is 2.68 bits per heavy atom. The summed E-state index contributed by atoms with van der Waals surface area (Å²) in [7, 11) is 0. The second-order valence-electron chi connectivity index (χ2n) is 6.53. The first-order valence-electron chi connectivity index (χ1n) is 7.72. The lowest BCUT2D eigenvalue weighted by atomic mass is 9.96. The van der Waals surface area contributed by atoms with Crippen LogP contribution < -0.4 is 16.4 Å². The number of nitrogens with one attached hydrogen (secondary N) is 2. The molecular weight excluding hydrogens is 412 g/mol. The molecule has 0 bridgehead atoms. The zero-order chi connectivity index (χ0) is 17.6. The summed E-state index contributed by atoms with van der Waals surface area (Å²) in [5, 5.41) is 5.38. The van der Waals surface area contributed by atoms with Gasteiger partial charge in [0.2, 0.25) is 5.91 Å². The Morgan fingerprint density at radius 2 is 2.08 bits per heavy atom. The van der Waals surface area contributed by atoms with Gasteiger partial charge in [-0.05, 0) is 50.3 Å². The average molecular weight is 432 g/mol. The molecule has 1 saturated carbocycles. The van der Waals surface area contributed by atoms with Crippen molar-refractivity contribution < 1.29 is 14.4 Å². The lowest BCUT2D eigenvalue weighted by Gasteiger charge is -2.20. The fourth-order valence-corrected chi connectivity index (χ4v) is 3.56. The maximum absolute atomic E-state index is 12.5. The predicted octanol–water partition coefficient (Wildman–Crippen LogP) is 2.42. The molecule has 4 amide bonds. The Labute approximate surface area is 160 Å². The highest BCUT2D eigenvalue weighted by atomic mass is 79.9. The van der Waals surface area contributed by atoms with Gasteiger partial charge in [-0.15, -0.1) is 12.4 Å². The SMILES string of the molecule is Cc1cc(Br)cc(NC(=O)CN2C(=O)NC(C)(C3CC3)C2=O)c1N.Cl. The van der Waals surface area contributed by atoms with E-state index in [1.165, 1.54) is 0 Å². The number of nitrogens with zero attached hydrogens (tertiary/aromatic N) is 1. The van der Waals surface area contributed by atoms with Crippen molar-refractivity contribution in [1.29, 1.82) is 0 Å². The molecule has 1 aliphatic carbocycles. The quantitative estimate of drug-likeness (QED) is 0.503. The summed E-state index contributed by atoms with van der Waals surface area (Å²) in [6.07, 6.45) is 1.83. The van der Waals surface area contributed by atoms with Crippen LogP contribution in [0.2, 0.25) is 0 Å². The molecule has 2 aliphatic rings. The Balaban J connectivity index is 0.00000225. The zero-order valence-electron chi connectivity index (χ0n) is 13.9. The topological polar surface area (TPSA) is 105 Å². The number of halogens is 2. The van der Waals surface area contributed by atoms with Gasteiger partial charge in [0.25, 0.3) is 5.91 Å². The third-order valence-corrected chi connectivity index (χ3v) is 5.08. The predicted molar refractivity (Wildman–Crippen MR) is 101 cm³/mol. The third kappa shape index (κ3) is 3.59. The molecule has 1 atom stereocenters. The van der Waals surface area contributed by atoms with Crippen molar-refractivity contribution in [3.05, 3.63) is 22.2 Å². The van der Waals surface area contributed by atoms with Crippen molar-refractivity contribution in [1.82, 2.24) is 10.2 Å². The first kappa shape index (κ1) is 19.5. The zero-order valence-corrected chi connectivity index (χ0v) is 16.3. The minimum Gasteiger partial charge on any atom is -0.397 e. The summed E-state index contributed by atoms with van der Waals surface area (Å²) in [4.78, 5) is 37.8. The number of nitrogen functional groups attached to an aromatic ring is 1. The Morgan fingerprint density at radius 1 is 1.44 bits per heavy atom. The smallest absolute Gasteiger partial charge is 0.325 e. The van der Waals surface area contributed by atoms with E-state index >= 15 is 0 Å². The summed E-state index contributed by atoms with van der Waals surface area (Å²) in [6.45, 7) is 3.21. The van der Waals surface area contributed by atoms with Crippen LogP contribution in [-0.2, 0) is 9.59 Å². The molecule has 3 rings (SSSR count). The highest BCUT2D eigenvalue weighted by molar-refractivity contribution is 9.10. The number of aryl methyl sites for hydroxylation is 1. The van der Waals surface area contributed by atoms with Crippen molar-refractivity contribution in [3.63, 3.8) is 0 Å². The monoisotopic (exact) mass is 430 g/mol. The van der Waals surface area contributed by atoms with Gasteiger partial charge in [0.05, 0.1) is 11.4 Å². The number of benzene rings is 1. The van der Waals surface area contributed by atoms with Crippen molar-refractivity contribution in [2.75, 3.05) is 17.6 Å². The molecule has 1 aromatic carbocycles. The van der Waals surface area contributed by atoms with Crippen molar-refractivity contribution in [2.24, 2.45) is 5.92 Å². The molecule has 25 heavy (non-hydrogen) atoms. The molecule has 0 aromatic heterocycles. The Kier molecular flexibility index (Phi) is 5.34. The molecule has 1 aromatic rings. The van der Waals surface area contributed by atoms with E-state index in [9.17, 15) is 14.4 Å². The molecule has 0 radical (unpaired) electrons. The lowest BCUT2D eigenvalue weighted by Crippen LogP contribution is -2.46. The number of carbonyl (C=O) groups is 3. The van der Waals surface area contributed by atoms with Crippen LogP contribution in [0.15, 0.2) is 16.6 Å². The van der Waals surface area contributed by atoms with E-state index in [0.717, 1.165) is 27.8 Å².